The van der Waals surface area contributed by atoms with Gasteiger partial charge in [-0.05, 0) is 66.3 Å². The van der Waals surface area contributed by atoms with Gasteiger partial charge in [-0.2, -0.15) is 5.10 Å². The van der Waals surface area contributed by atoms with Crippen LogP contribution in [0.3, 0.4) is 0 Å². The minimum atomic E-state index is 0.102. The number of aromatic nitrogens is 1. The van der Waals surface area contributed by atoms with Crippen molar-refractivity contribution in [3.05, 3.63) is 101 Å². The quantitative estimate of drug-likeness (QED) is 0.292. The summed E-state index contributed by atoms with van der Waals surface area (Å²) < 4.78 is 6.36. The number of anilines is 1. The zero-order chi connectivity index (χ0) is 23.9. The first-order chi connectivity index (χ1) is 16.3. The molecule has 0 spiro atoms. The second kappa shape index (κ2) is 8.45. The molecular weight excluding hydrogens is 418 g/mol. The molecule has 0 saturated carbocycles. The van der Waals surface area contributed by atoms with Crippen LogP contribution < -0.4 is 10.8 Å². The van der Waals surface area contributed by atoms with Gasteiger partial charge < -0.3 is 4.42 Å². The van der Waals surface area contributed by atoms with E-state index in [1.165, 1.54) is 16.7 Å². The van der Waals surface area contributed by atoms with Gasteiger partial charge in [-0.25, -0.2) is 4.98 Å². The van der Waals surface area contributed by atoms with Gasteiger partial charge in [-0.15, -0.1) is 0 Å². The number of nitrogens with one attached hydrogen (secondary N) is 1. The number of para-hydroxylation sites is 1. The van der Waals surface area contributed by atoms with Crippen LogP contribution in [0.15, 0.2) is 88.4 Å². The van der Waals surface area contributed by atoms with Crippen LogP contribution in [0.5, 0.6) is 0 Å². The molecule has 0 unspecified atom stereocenters. The smallest absolute Gasteiger partial charge is 0.146 e. The van der Waals surface area contributed by atoms with Gasteiger partial charge in [0.2, 0.25) is 0 Å². The molecule has 4 nitrogen and oxygen atoms in total. The van der Waals surface area contributed by atoms with Crippen LogP contribution in [0.25, 0.3) is 33.2 Å². The molecule has 170 valence electrons. The summed E-state index contributed by atoms with van der Waals surface area (Å²) >= 11 is 0. The molecule has 1 N–H and O–H groups in total. The number of fused-ring (bicyclic) bond motifs is 2. The Balaban J connectivity index is 1.62. The van der Waals surface area contributed by atoms with Crippen molar-refractivity contribution < 1.29 is 4.42 Å². The fourth-order valence-corrected chi connectivity index (χ4v) is 4.04. The Hall–Kier alpha value is -3.92. The number of benzene rings is 3. The number of hydrogen-bond donors (Lipinski definition) is 1. The van der Waals surface area contributed by atoms with E-state index >= 15 is 0 Å². The zero-order valence-corrected chi connectivity index (χ0v) is 20.3. The van der Waals surface area contributed by atoms with Gasteiger partial charge in [0.1, 0.15) is 17.2 Å². The summed E-state index contributed by atoms with van der Waals surface area (Å²) in [5.41, 5.74) is 9.70. The zero-order valence-electron chi connectivity index (χ0n) is 20.3. The predicted octanol–water partition coefficient (Wildman–Crippen LogP) is 7.49. The summed E-state index contributed by atoms with van der Waals surface area (Å²) in [5, 5.41) is 7.63. The molecule has 0 amide bonds. The molecule has 4 heteroatoms. The predicted molar refractivity (Wildman–Crippen MR) is 141 cm³/mol. The molecule has 5 rings (SSSR count). The highest BCUT2D eigenvalue weighted by Crippen LogP contribution is 2.28. The average molecular weight is 448 g/mol. The van der Waals surface area contributed by atoms with Gasteiger partial charge in [-0.1, -0.05) is 63.2 Å². The van der Waals surface area contributed by atoms with Gasteiger partial charge in [-0.3, -0.25) is 5.43 Å². The molecule has 34 heavy (non-hydrogen) atoms. The van der Waals surface area contributed by atoms with Crippen LogP contribution in [0.4, 0.5) is 5.82 Å². The lowest BCUT2D eigenvalue weighted by molar-refractivity contribution is 0.589. The molecule has 0 aliphatic rings. The lowest BCUT2D eigenvalue weighted by Crippen LogP contribution is -2.10. The van der Waals surface area contributed by atoms with Crippen LogP contribution in [-0.2, 0) is 5.41 Å². The summed E-state index contributed by atoms with van der Waals surface area (Å²) in [5.74, 6) is 1.48. The first-order valence-corrected chi connectivity index (χ1v) is 11.6. The summed E-state index contributed by atoms with van der Waals surface area (Å²) in [7, 11) is 0. The van der Waals surface area contributed by atoms with Crippen molar-refractivity contribution in [2.75, 3.05) is 5.43 Å². The first-order valence-electron chi connectivity index (χ1n) is 11.6. The molecule has 3 aromatic carbocycles. The normalized spacial score (nSPS) is 12.4. The number of hydrogen-bond acceptors (Lipinski definition) is 4. The van der Waals surface area contributed by atoms with Gasteiger partial charge in [0.05, 0.1) is 10.9 Å². The number of rotatable bonds is 3. The third-order valence-electron chi connectivity index (χ3n) is 6.28. The topological polar surface area (TPSA) is 50.4 Å². The molecular formula is C30H29N3O. The summed E-state index contributed by atoms with van der Waals surface area (Å²) in [6.45, 7) is 10.9. The van der Waals surface area contributed by atoms with E-state index in [0.717, 1.165) is 38.6 Å². The van der Waals surface area contributed by atoms with E-state index in [4.69, 9.17) is 9.52 Å². The molecule has 5 aromatic rings. The van der Waals surface area contributed by atoms with Crippen molar-refractivity contribution in [1.29, 1.82) is 0 Å². The van der Waals surface area contributed by atoms with E-state index in [2.05, 4.69) is 87.5 Å². The van der Waals surface area contributed by atoms with Crippen molar-refractivity contribution in [2.45, 2.75) is 40.0 Å². The van der Waals surface area contributed by atoms with E-state index < -0.39 is 0 Å². The number of pyridine rings is 1. The second-order valence-corrected chi connectivity index (χ2v) is 9.87. The van der Waals surface area contributed by atoms with Crippen molar-refractivity contribution in [2.24, 2.45) is 5.10 Å². The largest absolute Gasteiger partial charge is 0.456 e. The third-order valence-corrected chi connectivity index (χ3v) is 6.28. The van der Waals surface area contributed by atoms with E-state index in [1.54, 1.807) is 0 Å². The Morgan fingerprint density at radius 3 is 2.32 bits per heavy atom. The first kappa shape index (κ1) is 21.9. The van der Waals surface area contributed by atoms with Crippen molar-refractivity contribution in [3.8, 4) is 11.3 Å². The second-order valence-electron chi connectivity index (χ2n) is 9.87. The molecule has 0 fully saturated rings. The standard InChI is InChI=1S/C30H29N3O/c1-19-16-24-26(32-33-29-15-12-21-8-6-7-9-25(21)31-29)18-27(34-28(24)17-20(19)2)22-10-13-23(14-11-22)30(3,4)5/h6-18H,1-5H3,(H,31,33)/b32-26+. The Labute approximate surface area is 200 Å². The van der Waals surface area contributed by atoms with Gasteiger partial charge in [0, 0.05) is 22.4 Å². The third kappa shape index (κ3) is 4.32. The summed E-state index contributed by atoms with van der Waals surface area (Å²) in [4.78, 5) is 4.69. The van der Waals surface area contributed by atoms with Gasteiger partial charge in [0.25, 0.3) is 0 Å². The van der Waals surface area contributed by atoms with Crippen molar-refractivity contribution in [3.63, 3.8) is 0 Å². The Kier molecular flexibility index (Phi) is 5.45. The number of aryl methyl sites for hydroxylation is 2. The molecule has 0 bridgehead atoms. The van der Waals surface area contributed by atoms with Crippen LogP contribution in [0, 0.1) is 13.8 Å². The highest BCUT2D eigenvalue weighted by atomic mass is 16.3. The molecule has 2 heterocycles. The highest BCUT2D eigenvalue weighted by molar-refractivity contribution is 5.81. The Bertz CT molecular complexity index is 1570. The minimum absolute atomic E-state index is 0.102. The van der Waals surface area contributed by atoms with E-state index in [9.17, 15) is 0 Å². The van der Waals surface area contributed by atoms with Crippen LogP contribution in [-0.4, -0.2) is 4.98 Å². The summed E-state index contributed by atoms with van der Waals surface area (Å²) in [6, 6.07) is 26.9. The van der Waals surface area contributed by atoms with Crippen molar-refractivity contribution >= 4 is 27.7 Å². The molecule has 2 aromatic heterocycles. The Morgan fingerprint density at radius 1 is 0.824 bits per heavy atom. The fourth-order valence-electron chi connectivity index (χ4n) is 4.04. The van der Waals surface area contributed by atoms with Crippen molar-refractivity contribution in [1.82, 2.24) is 4.98 Å². The molecule has 0 radical (unpaired) electrons. The molecule has 0 atom stereocenters. The monoisotopic (exact) mass is 447 g/mol. The maximum Gasteiger partial charge on any atom is 0.146 e. The van der Waals surface area contributed by atoms with E-state index in [1.807, 2.05) is 36.4 Å². The van der Waals surface area contributed by atoms with Crippen LogP contribution in [0.2, 0.25) is 0 Å². The average Bonchev–Trinajstić information content (AvgIpc) is 2.83. The Morgan fingerprint density at radius 2 is 1.56 bits per heavy atom. The highest BCUT2D eigenvalue weighted by Gasteiger charge is 2.14. The maximum atomic E-state index is 6.36. The number of nitrogens with zero attached hydrogens (tertiary/aromatic N) is 2. The van der Waals surface area contributed by atoms with E-state index in [0.29, 0.717) is 5.82 Å². The van der Waals surface area contributed by atoms with Crippen LogP contribution in [0.1, 0.15) is 37.5 Å². The molecule has 0 aliphatic heterocycles. The van der Waals surface area contributed by atoms with E-state index in [-0.39, 0.29) is 5.41 Å². The van der Waals surface area contributed by atoms with Gasteiger partial charge in [0.15, 0.2) is 0 Å². The minimum Gasteiger partial charge on any atom is -0.456 e. The van der Waals surface area contributed by atoms with Gasteiger partial charge >= 0.3 is 0 Å². The molecule has 0 aliphatic carbocycles. The lowest BCUT2D eigenvalue weighted by Gasteiger charge is -2.19. The maximum absolute atomic E-state index is 6.36. The fraction of sp³-hybridized carbons (Fsp3) is 0.200. The summed E-state index contributed by atoms with van der Waals surface area (Å²) in [6.07, 6.45) is 0. The molecule has 0 saturated heterocycles. The lowest BCUT2D eigenvalue weighted by atomic mass is 9.86. The van der Waals surface area contributed by atoms with Crippen LogP contribution >= 0.6 is 0 Å². The SMILES string of the molecule is Cc1cc2oc(-c3ccc(C(C)(C)C)cc3)c/c(=N\Nc3ccc4ccccc4n3)c2cc1C.